The predicted octanol–water partition coefficient (Wildman–Crippen LogP) is 7.19. The van der Waals surface area contributed by atoms with Crippen molar-refractivity contribution in [1.82, 2.24) is 0 Å². The van der Waals surface area contributed by atoms with Gasteiger partial charge >= 0.3 is 0 Å². The highest BCUT2D eigenvalue weighted by Gasteiger charge is 2.33. The quantitative estimate of drug-likeness (QED) is 0.152. The second-order valence-electron chi connectivity index (χ2n) is 6.69. The first kappa shape index (κ1) is 17.9. The fourth-order valence-corrected chi connectivity index (χ4v) is 4.21. The maximum atomic E-state index is 13.2. The van der Waals surface area contributed by atoms with E-state index in [1.54, 1.807) is 12.2 Å². The number of ketones is 1. The first-order valence-corrected chi connectivity index (χ1v) is 10.2. The van der Waals surface area contributed by atoms with Crippen molar-refractivity contribution in [2.75, 3.05) is 0 Å². The first-order chi connectivity index (χ1) is 14.1. The Morgan fingerprint density at radius 3 is 2.48 bits per heavy atom. The zero-order chi connectivity index (χ0) is 20.1. The first-order valence-electron chi connectivity index (χ1n) is 9.09. The summed E-state index contributed by atoms with van der Waals surface area (Å²) < 4.78 is 13.1. The number of benzene rings is 3. The van der Waals surface area contributed by atoms with Gasteiger partial charge in [-0.05, 0) is 52.9 Å². The Morgan fingerprint density at radius 2 is 1.69 bits per heavy atom. The molecule has 140 valence electrons. The van der Waals surface area contributed by atoms with E-state index < -0.39 is 0 Å². The molecule has 0 aliphatic heterocycles. The van der Waals surface area contributed by atoms with E-state index >= 15 is 0 Å². The minimum absolute atomic E-state index is 0.00446. The molecule has 0 spiro atoms. The van der Waals surface area contributed by atoms with Gasteiger partial charge in [0, 0.05) is 33.0 Å². The fourth-order valence-electron chi connectivity index (χ4n) is 3.88. The number of hydrogen-bond donors (Lipinski definition) is 0. The zero-order valence-corrected chi connectivity index (χ0v) is 17.5. The molecule has 0 bridgehead atoms. The van der Waals surface area contributed by atoms with E-state index in [0.717, 1.165) is 36.6 Å². The Hall–Kier alpha value is -3.12. The van der Waals surface area contributed by atoms with Crippen molar-refractivity contribution >= 4 is 50.3 Å². The van der Waals surface area contributed by atoms with Gasteiger partial charge in [-0.25, -0.2) is 0 Å². The second kappa shape index (κ2) is 6.74. The lowest BCUT2D eigenvalue weighted by atomic mass is 9.98. The minimum Gasteiger partial charge on any atom is -0.456 e. The number of hydrogen-bond acceptors (Lipinski definition) is 3. The van der Waals surface area contributed by atoms with Crippen molar-refractivity contribution in [1.29, 1.82) is 0 Å². The van der Waals surface area contributed by atoms with Crippen LogP contribution in [0.2, 0.25) is 0 Å². The number of ether oxygens (including phenoxy) is 1. The number of para-hydroxylation sites is 1. The van der Waals surface area contributed by atoms with Crippen LogP contribution < -0.4 is 4.74 Å². The Bertz CT molecular complexity index is 1390. The summed E-state index contributed by atoms with van der Waals surface area (Å²) in [5.41, 5.74) is 4.49. The summed E-state index contributed by atoms with van der Waals surface area (Å²) in [6.07, 6.45) is 3.36. The number of halogens is 1. The van der Waals surface area contributed by atoms with Crippen molar-refractivity contribution in [3.8, 4) is 16.9 Å². The van der Waals surface area contributed by atoms with E-state index in [1.807, 2.05) is 54.6 Å². The van der Waals surface area contributed by atoms with Gasteiger partial charge in [-0.1, -0.05) is 49.6 Å². The molecule has 0 saturated carbocycles. The summed E-state index contributed by atoms with van der Waals surface area (Å²) in [5, 5.41) is 1.92. The maximum absolute atomic E-state index is 13.2. The number of carbonyl (C=O) groups is 1. The molecule has 1 aromatic heterocycles. The molecular weight excluding hydrogens is 475 g/mol. The van der Waals surface area contributed by atoms with Crippen LogP contribution in [0.4, 0.5) is 0 Å². The lowest BCUT2D eigenvalue weighted by Crippen LogP contribution is -1.97. The number of fused-ring (bicyclic) bond motifs is 7. The van der Waals surface area contributed by atoms with Crippen molar-refractivity contribution < 1.29 is 13.9 Å². The third-order valence-corrected chi connectivity index (χ3v) is 6.10. The van der Waals surface area contributed by atoms with Crippen LogP contribution in [0.1, 0.15) is 15.9 Å². The third-order valence-electron chi connectivity index (χ3n) is 5.13. The van der Waals surface area contributed by atoms with Crippen molar-refractivity contribution in [3.63, 3.8) is 0 Å². The van der Waals surface area contributed by atoms with Gasteiger partial charge in [0.1, 0.15) is 22.7 Å². The van der Waals surface area contributed by atoms with Gasteiger partial charge in [0.05, 0.1) is 3.58 Å². The molecule has 1 aliphatic carbocycles. The molecule has 29 heavy (non-hydrogen) atoms. The molecule has 3 nitrogen and oxygen atoms in total. The van der Waals surface area contributed by atoms with Crippen molar-refractivity contribution in [2.24, 2.45) is 0 Å². The summed E-state index contributed by atoms with van der Waals surface area (Å²) in [6.45, 7) is 7.64. The van der Waals surface area contributed by atoms with Crippen LogP contribution in [0.3, 0.4) is 0 Å². The van der Waals surface area contributed by atoms with E-state index in [9.17, 15) is 4.79 Å². The predicted molar refractivity (Wildman–Crippen MR) is 125 cm³/mol. The lowest BCUT2D eigenvalue weighted by molar-refractivity contribution is 0.104. The third kappa shape index (κ3) is 2.59. The van der Waals surface area contributed by atoms with Crippen LogP contribution in [-0.4, -0.2) is 5.78 Å². The fraction of sp³-hybridized carbons (Fsp3) is 0. The molecule has 5 rings (SSSR count). The zero-order valence-electron chi connectivity index (χ0n) is 15.4. The summed E-state index contributed by atoms with van der Waals surface area (Å²) >= 11 is 2.15. The molecule has 0 saturated heterocycles. The van der Waals surface area contributed by atoms with Crippen LogP contribution in [0.5, 0.6) is 5.75 Å². The van der Waals surface area contributed by atoms with E-state index in [-0.39, 0.29) is 5.78 Å². The van der Waals surface area contributed by atoms with Gasteiger partial charge in [0.2, 0.25) is 0 Å². The number of allylic oxidation sites excluding steroid dienone is 3. The molecule has 4 heteroatoms. The molecule has 3 aromatic carbocycles. The highest BCUT2D eigenvalue weighted by atomic mass is 127. The van der Waals surface area contributed by atoms with Crippen molar-refractivity contribution in [2.45, 2.75) is 0 Å². The average molecular weight is 490 g/mol. The molecule has 0 atom stereocenters. The SMILES string of the molecule is C=C/C(I)=C(\C=C)Oc1cccc2c1-c1c(ccc3oc4ccccc4c13)C2=O. The Kier molecular flexibility index (Phi) is 4.17. The minimum atomic E-state index is -0.00446. The summed E-state index contributed by atoms with van der Waals surface area (Å²) in [5.74, 6) is 1.20. The van der Waals surface area contributed by atoms with Gasteiger partial charge in [-0.2, -0.15) is 0 Å². The molecule has 0 radical (unpaired) electrons. The Balaban J connectivity index is 1.86. The maximum Gasteiger partial charge on any atom is 0.194 e. The topological polar surface area (TPSA) is 39.4 Å². The largest absolute Gasteiger partial charge is 0.456 e. The van der Waals surface area contributed by atoms with Gasteiger partial charge in [-0.15, -0.1) is 0 Å². The van der Waals surface area contributed by atoms with Crippen LogP contribution in [0.15, 0.2) is 93.7 Å². The highest BCUT2D eigenvalue weighted by molar-refractivity contribution is 14.1. The second-order valence-corrected chi connectivity index (χ2v) is 7.85. The van der Waals surface area contributed by atoms with Gasteiger partial charge in [-0.3, -0.25) is 4.79 Å². The molecule has 0 N–H and O–H groups in total. The number of furan rings is 1. The van der Waals surface area contributed by atoms with E-state index in [0.29, 0.717) is 22.6 Å². The molecule has 1 aliphatic rings. The van der Waals surface area contributed by atoms with Crippen LogP contribution in [0, 0.1) is 0 Å². The van der Waals surface area contributed by atoms with E-state index in [4.69, 9.17) is 9.15 Å². The van der Waals surface area contributed by atoms with Gasteiger partial charge < -0.3 is 9.15 Å². The molecular formula is C25H15IO3. The van der Waals surface area contributed by atoms with E-state index in [1.165, 1.54) is 0 Å². The molecule has 0 unspecified atom stereocenters. The Labute approximate surface area is 181 Å². The molecule has 4 aromatic rings. The van der Waals surface area contributed by atoms with Gasteiger partial charge in [0.25, 0.3) is 0 Å². The van der Waals surface area contributed by atoms with Crippen LogP contribution in [-0.2, 0) is 0 Å². The van der Waals surface area contributed by atoms with Crippen molar-refractivity contribution in [3.05, 3.63) is 100 Å². The molecule has 0 fully saturated rings. The number of carbonyl (C=O) groups excluding carboxylic acids is 1. The summed E-state index contributed by atoms with van der Waals surface area (Å²) in [4.78, 5) is 13.2. The van der Waals surface area contributed by atoms with Gasteiger partial charge in [0.15, 0.2) is 5.78 Å². The van der Waals surface area contributed by atoms with Crippen LogP contribution >= 0.6 is 22.6 Å². The lowest BCUT2D eigenvalue weighted by Gasteiger charge is -2.13. The summed E-state index contributed by atoms with van der Waals surface area (Å²) in [6, 6.07) is 17.1. The smallest absolute Gasteiger partial charge is 0.194 e. The molecule has 0 amide bonds. The number of rotatable bonds is 4. The summed E-state index contributed by atoms with van der Waals surface area (Å²) in [7, 11) is 0. The van der Waals surface area contributed by atoms with E-state index in [2.05, 4.69) is 35.7 Å². The van der Waals surface area contributed by atoms with Crippen LogP contribution in [0.25, 0.3) is 33.1 Å². The average Bonchev–Trinajstić information content (AvgIpc) is 3.27. The standard InChI is InChI=1S/C25H15IO3/c1-3-17(26)18(4-2)28-20-11-7-9-15-23(20)24-16(25(15)27)12-13-21-22(24)14-8-5-6-10-19(14)29-21/h3-13H,1-2H2/b18-17-. The highest BCUT2D eigenvalue weighted by Crippen LogP contribution is 2.49. The Morgan fingerprint density at radius 1 is 0.897 bits per heavy atom. The molecule has 1 heterocycles. The normalized spacial score (nSPS) is 13.2. The monoisotopic (exact) mass is 490 g/mol.